The molecule has 3 aliphatic heterocycles. The van der Waals surface area contributed by atoms with Crippen LogP contribution in [0.5, 0.6) is 0 Å². The smallest absolute Gasteiger partial charge is 0.169 e. The summed E-state index contributed by atoms with van der Waals surface area (Å²) in [5.74, 6) is 0. The minimum absolute atomic E-state index is 0.0603. The van der Waals surface area contributed by atoms with E-state index in [0.717, 1.165) is 0 Å². The number of rotatable bonds is 0. The molecule has 10 nitrogen and oxygen atoms in total. The van der Waals surface area contributed by atoms with Crippen molar-refractivity contribution >= 4 is 51.3 Å². The first kappa shape index (κ1) is 17.0. The minimum atomic E-state index is -0.866. The van der Waals surface area contributed by atoms with Crippen LogP contribution >= 0.6 is 0 Å². The summed E-state index contributed by atoms with van der Waals surface area (Å²) in [5, 5.41) is 40.8. The average molecular weight is 368 g/mol. The molecule has 4 rings (SSSR count). The normalized spacial score (nSPS) is 19.1. The summed E-state index contributed by atoms with van der Waals surface area (Å²) in [6.45, 7) is 0.526. The molecule has 1 aromatic carbocycles. The zero-order valence-corrected chi connectivity index (χ0v) is 15.0. The molecule has 1 unspecified atom stereocenters. The molecular formula is C18H12N10. The molecule has 28 heavy (non-hydrogen) atoms. The number of nitrogens with zero attached hydrogens (tertiary/aromatic N) is 9. The first-order valence-electron chi connectivity index (χ1n) is 8.29. The van der Waals surface area contributed by atoms with Crippen LogP contribution in [0.2, 0.25) is 0 Å². The van der Waals surface area contributed by atoms with Gasteiger partial charge in [0.05, 0.1) is 36.2 Å². The highest BCUT2D eigenvalue weighted by Crippen LogP contribution is 2.58. The van der Waals surface area contributed by atoms with Gasteiger partial charge in [0.25, 0.3) is 0 Å². The van der Waals surface area contributed by atoms with Crippen molar-refractivity contribution in [2.75, 3.05) is 42.3 Å². The molecule has 0 aliphatic carbocycles. The molecule has 3 aliphatic rings. The molecule has 0 radical (unpaired) electrons. The van der Waals surface area contributed by atoms with Crippen molar-refractivity contribution < 1.29 is 0 Å². The summed E-state index contributed by atoms with van der Waals surface area (Å²) in [4.78, 5) is 16.9. The molecule has 0 saturated heterocycles. The predicted molar refractivity (Wildman–Crippen MR) is 104 cm³/mol. The van der Waals surface area contributed by atoms with E-state index in [-0.39, 0.29) is 12.3 Å². The second-order valence-corrected chi connectivity index (χ2v) is 6.42. The highest BCUT2D eigenvalue weighted by molar-refractivity contribution is 6.20. The number of hydrogen-bond acceptors (Lipinski definition) is 10. The monoisotopic (exact) mass is 368 g/mol. The maximum atomic E-state index is 9.55. The van der Waals surface area contributed by atoms with E-state index in [0.29, 0.717) is 52.1 Å². The van der Waals surface area contributed by atoms with Crippen LogP contribution < -0.4 is 15.1 Å². The van der Waals surface area contributed by atoms with Gasteiger partial charge in [0.2, 0.25) is 0 Å². The molecule has 0 fully saturated rings. The van der Waals surface area contributed by atoms with Gasteiger partial charge < -0.3 is 15.1 Å². The fourth-order valence-corrected chi connectivity index (χ4v) is 3.55. The van der Waals surface area contributed by atoms with Crippen LogP contribution in [0.3, 0.4) is 0 Å². The third kappa shape index (κ3) is 2.19. The Balaban J connectivity index is 2.16. The number of benzene rings is 1. The van der Waals surface area contributed by atoms with Crippen molar-refractivity contribution in [3.05, 3.63) is 0 Å². The van der Waals surface area contributed by atoms with Crippen molar-refractivity contribution in [3.63, 3.8) is 0 Å². The van der Waals surface area contributed by atoms with E-state index in [9.17, 15) is 21.0 Å². The second kappa shape index (κ2) is 6.09. The van der Waals surface area contributed by atoms with Crippen LogP contribution in [0.4, 0.5) is 34.1 Å². The van der Waals surface area contributed by atoms with E-state index in [2.05, 4.69) is 38.5 Å². The Bertz CT molecular complexity index is 1180. The Morgan fingerprint density at radius 2 is 1.57 bits per heavy atom. The highest BCUT2D eigenvalue weighted by Gasteiger charge is 2.38. The predicted octanol–water partition coefficient (Wildman–Crippen LogP) is 1.69. The molecule has 0 aromatic heterocycles. The first-order valence-corrected chi connectivity index (χ1v) is 8.29. The minimum Gasteiger partial charge on any atom is -0.375 e. The number of hydrogen-bond donors (Lipinski definition) is 1. The molecule has 10 heteroatoms. The van der Waals surface area contributed by atoms with E-state index < -0.39 is 6.04 Å². The van der Waals surface area contributed by atoms with E-state index in [4.69, 9.17) is 0 Å². The van der Waals surface area contributed by atoms with Crippen LogP contribution in [0.1, 0.15) is 0 Å². The fraction of sp³-hybridized carbons (Fsp3) is 0.278. The zero-order valence-electron chi connectivity index (χ0n) is 15.0. The Morgan fingerprint density at radius 1 is 0.893 bits per heavy atom. The lowest BCUT2D eigenvalue weighted by Crippen LogP contribution is -2.40. The van der Waals surface area contributed by atoms with Crippen molar-refractivity contribution in [3.8, 4) is 24.3 Å². The number of aliphatic imine (C=N–C) groups is 3. The molecule has 1 aromatic rings. The van der Waals surface area contributed by atoms with Gasteiger partial charge in [0.1, 0.15) is 46.7 Å². The van der Waals surface area contributed by atoms with Crippen LogP contribution in [-0.4, -0.2) is 50.4 Å². The number of anilines is 3. The topological polar surface area (TPSA) is 151 Å². The summed E-state index contributed by atoms with van der Waals surface area (Å²) in [6.07, 6.45) is 0. The summed E-state index contributed by atoms with van der Waals surface area (Å²) in [7, 11) is 3.50. The van der Waals surface area contributed by atoms with Gasteiger partial charge in [-0.2, -0.15) is 21.0 Å². The molecule has 3 heterocycles. The fourth-order valence-electron chi connectivity index (χ4n) is 3.55. The summed E-state index contributed by atoms with van der Waals surface area (Å²) < 4.78 is 0. The van der Waals surface area contributed by atoms with Crippen LogP contribution in [0.25, 0.3) is 0 Å². The number of fused-ring (bicyclic) bond motifs is 6. The molecule has 0 amide bonds. The maximum absolute atomic E-state index is 9.55. The SMILES string of the molecule is CN1CC(C#N)=Nc2c1c1c(c3c2N(C)C(C#N)C(C#N)=N3)NCC(C#N)=N1. The highest BCUT2D eigenvalue weighted by atomic mass is 15.2. The number of nitriles is 4. The van der Waals surface area contributed by atoms with Crippen molar-refractivity contribution in [1.82, 2.24) is 0 Å². The Kier molecular flexibility index (Phi) is 3.70. The molecule has 1 atom stereocenters. The molecule has 134 valence electrons. The molecule has 0 bridgehead atoms. The molecule has 1 N–H and O–H groups in total. The summed E-state index contributed by atoms with van der Waals surface area (Å²) >= 11 is 0. The standard InChI is InChI=1S/C18H12N10/c1-27-8-10(4-20)25-16-17(27)14-13(23-7-9(3-19)24-14)15-18(16)28(2)12(6-22)11(5-21)26-15/h12,23H,7-8H2,1-2H3. The van der Waals surface area contributed by atoms with Crippen LogP contribution in [-0.2, 0) is 0 Å². The molecule has 0 saturated carbocycles. The first-order chi connectivity index (χ1) is 13.5. The van der Waals surface area contributed by atoms with Gasteiger partial charge in [-0.25, -0.2) is 15.0 Å². The largest absolute Gasteiger partial charge is 0.375 e. The van der Waals surface area contributed by atoms with Crippen LogP contribution in [0, 0.1) is 45.3 Å². The third-order valence-electron chi connectivity index (χ3n) is 4.79. The van der Waals surface area contributed by atoms with Crippen molar-refractivity contribution in [2.45, 2.75) is 6.04 Å². The van der Waals surface area contributed by atoms with Gasteiger partial charge >= 0.3 is 0 Å². The van der Waals surface area contributed by atoms with Gasteiger partial charge in [-0.1, -0.05) is 0 Å². The zero-order chi connectivity index (χ0) is 20.0. The maximum Gasteiger partial charge on any atom is 0.169 e. The van der Waals surface area contributed by atoms with E-state index in [1.54, 1.807) is 11.9 Å². The van der Waals surface area contributed by atoms with Gasteiger partial charge in [-0.05, 0) is 0 Å². The van der Waals surface area contributed by atoms with Gasteiger partial charge in [0, 0.05) is 14.1 Å². The summed E-state index contributed by atoms with van der Waals surface area (Å²) in [5.41, 5.74) is 3.81. The summed E-state index contributed by atoms with van der Waals surface area (Å²) in [6, 6.07) is 7.33. The molecular weight excluding hydrogens is 356 g/mol. The van der Waals surface area contributed by atoms with E-state index in [1.165, 1.54) is 0 Å². The molecule has 0 spiro atoms. The number of nitrogens with one attached hydrogen (secondary N) is 1. The van der Waals surface area contributed by atoms with Gasteiger partial charge in [-0.3, -0.25) is 0 Å². The second-order valence-electron chi connectivity index (χ2n) is 6.42. The Hall–Kier alpha value is -4.41. The van der Waals surface area contributed by atoms with E-state index >= 15 is 0 Å². The third-order valence-corrected chi connectivity index (χ3v) is 4.79. The lowest BCUT2D eigenvalue weighted by molar-refractivity contribution is 0.921. The lowest BCUT2D eigenvalue weighted by Gasteiger charge is -2.37. The quantitative estimate of drug-likeness (QED) is 0.731. The van der Waals surface area contributed by atoms with E-state index in [1.807, 2.05) is 18.0 Å². The Morgan fingerprint density at radius 3 is 2.21 bits per heavy atom. The van der Waals surface area contributed by atoms with Crippen molar-refractivity contribution in [2.24, 2.45) is 15.0 Å². The van der Waals surface area contributed by atoms with Gasteiger partial charge in [0.15, 0.2) is 11.8 Å². The van der Waals surface area contributed by atoms with Gasteiger partial charge in [-0.15, -0.1) is 0 Å². The lowest BCUT2D eigenvalue weighted by atomic mass is 10.00. The Labute approximate surface area is 160 Å². The average Bonchev–Trinajstić information content (AvgIpc) is 2.72. The van der Waals surface area contributed by atoms with Crippen LogP contribution in [0.15, 0.2) is 15.0 Å². The van der Waals surface area contributed by atoms with Crippen molar-refractivity contribution in [1.29, 1.82) is 21.0 Å².